The van der Waals surface area contributed by atoms with E-state index in [1.165, 1.54) is 0 Å². The maximum atomic E-state index is 5.25. The van der Waals surface area contributed by atoms with Gasteiger partial charge in [0.25, 0.3) is 0 Å². The Kier molecular flexibility index (Phi) is 2.32. The third kappa shape index (κ3) is 1.73. The van der Waals surface area contributed by atoms with Crippen molar-refractivity contribution in [2.75, 3.05) is 0 Å². The number of benzene rings is 1. The normalized spacial score (nSPS) is 15.7. The zero-order valence-electron chi connectivity index (χ0n) is 7.10. The van der Waals surface area contributed by atoms with Crippen molar-refractivity contribution in [2.24, 2.45) is 4.99 Å². The Morgan fingerprint density at radius 1 is 1.15 bits per heavy atom. The summed E-state index contributed by atoms with van der Waals surface area (Å²) >= 11 is 5.25. The second-order valence-corrected chi connectivity index (χ2v) is 3.36. The standard InChI is InChI=1S/C11H9NS/c13-11-6-7-12-8-10(11)9-4-2-1-3-5-9/h1-5,7-8H,6H2. The van der Waals surface area contributed by atoms with Gasteiger partial charge in [-0.2, -0.15) is 0 Å². The maximum Gasteiger partial charge on any atom is 0.0353 e. The molecule has 0 amide bonds. The van der Waals surface area contributed by atoms with Crippen molar-refractivity contribution in [3.05, 3.63) is 42.1 Å². The van der Waals surface area contributed by atoms with E-state index in [0.717, 1.165) is 22.4 Å². The minimum atomic E-state index is 0.788. The summed E-state index contributed by atoms with van der Waals surface area (Å²) in [5.41, 5.74) is 2.24. The molecule has 1 aliphatic rings. The molecule has 0 unspecified atom stereocenters. The van der Waals surface area contributed by atoms with Gasteiger partial charge >= 0.3 is 0 Å². The van der Waals surface area contributed by atoms with Gasteiger partial charge in [0.1, 0.15) is 0 Å². The zero-order chi connectivity index (χ0) is 9.10. The molecule has 0 saturated carbocycles. The number of allylic oxidation sites excluding steroid dienone is 1. The molecule has 1 nitrogen and oxygen atoms in total. The molecule has 2 heteroatoms. The summed E-state index contributed by atoms with van der Waals surface area (Å²) in [7, 11) is 0. The van der Waals surface area contributed by atoms with Crippen LogP contribution in [0.15, 0.2) is 41.5 Å². The Balaban J connectivity index is 2.41. The minimum absolute atomic E-state index is 0.788. The van der Waals surface area contributed by atoms with Gasteiger partial charge in [0.2, 0.25) is 0 Å². The lowest BCUT2D eigenvalue weighted by atomic mass is 10.0. The van der Waals surface area contributed by atoms with Crippen molar-refractivity contribution in [1.29, 1.82) is 0 Å². The lowest BCUT2D eigenvalue weighted by Gasteiger charge is -2.09. The van der Waals surface area contributed by atoms with Gasteiger partial charge in [-0.25, -0.2) is 0 Å². The van der Waals surface area contributed by atoms with E-state index in [9.17, 15) is 0 Å². The van der Waals surface area contributed by atoms with Crippen molar-refractivity contribution in [3.63, 3.8) is 0 Å². The van der Waals surface area contributed by atoms with Crippen LogP contribution < -0.4 is 0 Å². The largest absolute Gasteiger partial charge is 0.268 e. The average molecular weight is 187 g/mol. The van der Waals surface area contributed by atoms with Crippen LogP contribution in [0.1, 0.15) is 12.0 Å². The number of hydrogen-bond acceptors (Lipinski definition) is 2. The third-order valence-electron chi connectivity index (χ3n) is 1.97. The molecule has 0 bridgehead atoms. The van der Waals surface area contributed by atoms with Crippen molar-refractivity contribution < 1.29 is 0 Å². The Morgan fingerprint density at radius 2 is 1.92 bits per heavy atom. The predicted molar refractivity (Wildman–Crippen MR) is 60.1 cm³/mol. The van der Waals surface area contributed by atoms with E-state index >= 15 is 0 Å². The molecule has 0 radical (unpaired) electrons. The van der Waals surface area contributed by atoms with E-state index in [1.807, 2.05) is 30.6 Å². The predicted octanol–water partition coefficient (Wildman–Crippen LogP) is 2.87. The number of nitrogens with zero attached hydrogens (tertiary/aromatic N) is 1. The van der Waals surface area contributed by atoms with E-state index in [2.05, 4.69) is 17.1 Å². The van der Waals surface area contributed by atoms with Gasteiger partial charge in [-0.1, -0.05) is 42.5 Å². The highest BCUT2D eigenvalue weighted by Gasteiger charge is 2.08. The van der Waals surface area contributed by atoms with Crippen molar-refractivity contribution in [2.45, 2.75) is 6.42 Å². The van der Waals surface area contributed by atoms with Crippen LogP contribution in [0.3, 0.4) is 0 Å². The topological polar surface area (TPSA) is 12.4 Å². The molecule has 13 heavy (non-hydrogen) atoms. The Hall–Kier alpha value is -1.28. The molecule has 2 rings (SSSR count). The molecule has 0 spiro atoms. The van der Waals surface area contributed by atoms with Crippen LogP contribution in [-0.2, 0) is 0 Å². The molecule has 0 aromatic heterocycles. The number of aliphatic imine (C=N–C) groups is 1. The molecule has 1 aromatic carbocycles. The maximum absolute atomic E-state index is 5.25. The van der Waals surface area contributed by atoms with Crippen LogP contribution in [0.25, 0.3) is 5.57 Å². The van der Waals surface area contributed by atoms with Crippen molar-refractivity contribution in [1.82, 2.24) is 0 Å². The Labute approximate surface area is 82.8 Å². The quantitative estimate of drug-likeness (QED) is 0.616. The lowest BCUT2D eigenvalue weighted by Crippen LogP contribution is -2.02. The van der Waals surface area contributed by atoms with E-state index in [0.29, 0.717) is 0 Å². The van der Waals surface area contributed by atoms with Gasteiger partial charge in [0.05, 0.1) is 0 Å². The fraction of sp³-hybridized carbons (Fsp3) is 0.0909. The van der Waals surface area contributed by atoms with Crippen LogP contribution in [0.2, 0.25) is 0 Å². The van der Waals surface area contributed by atoms with Crippen molar-refractivity contribution in [3.8, 4) is 0 Å². The molecule has 0 aliphatic carbocycles. The molecule has 0 atom stereocenters. The fourth-order valence-corrected chi connectivity index (χ4v) is 1.54. The summed E-state index contributed by atoms with van der Waals surface area (Å²) < 4.78 is 0. The zero-order valence-corrected chi connectivity index (χ0v) is 7.92. The molecule has 1 aliphatic heterocycles. The second kappa shape index (κ2) is 3.62. The number of thiocarbonyl (C=S) groups is 1. The summed E-state index contributed by atoms with van der Waals surface area (Å²) in [6.45, 7) is 0. The minimum Gasteiger partial charge on any atom is -0.268 e. The molecular formula is C11H9NS. The summed E-state index contributed by atoms with van der Waals surface area (Å²) in [6.07, 6.45) is 4.46. The first-order valence-electron chi connectivity index (χ1n) is 4.18. The van der Waals surface area contributed by atoms with Gasteiger partial charge in [-0.05, 0) is 5.56 Å². The van der Waals surface area contributed by atoms with Gasteiger partial charge in [-0.3, -0.25) is 4.99 Å². The second-order valence-electron chi connectivity index (χ2n) is 2.87. The van der Waals surface area contributed by atoms with Crippen LogP contribution in [-0.4, -0.2) is 11.1 Å². The van der Waals surface area contributed by atoms with Crippen LogP contribution in [0.4, 0.5) is 0 Å². The highest BCUT2D eigenvalue weighted by Crippen LogP contribution is 2.19. The molecule has 0 fully saturated rings. The van der Waals surface area contributed by atoms with Crippen LogP contribution in [0.5, 0.6) is 0 Å². The molecule has 1 heterocycles. The number of rotatable bonds is 1. The molecule has 1 aromatic rings. The summed E-state index contributed by atoms with van der Waals surface area (Å²) in [6, 6.07) is 10.1. The highest BCUT2D eigenvalue weighted by atomic mass is 32.1. The van der Waals surface area contributed by atoms with Crippen LogP contribution in [0, 0.1) is 0 Å². The Morgan fingerprint density at radius 3 is 2.62 bits per heavy atom. The summed E-state index contributed by atoms with van der Waals surface area (Å²) in [5, 5.41) is 0. The SMILES string of the molecule is S=C1CC=NC=C1c1ccccc1. The highest BCUT2D eigenvalue weighted by molar-refractivity contribution is 7.81. The van der Waals surface area contributed by atoms with Crippen molar-refractivity contribution >= 4 is 28.9 Å². The summed E-state index contributed by atoms with van der Waals surface area (Å²) in [4.78, 5) is 5.08. The smallest absolute Gasteiger partial charge is 0.0353 e. The molecular weight excluding hydrogens is 178 g/mol. The van der Waals surface area contributed by atoms with Gasteiger partial charge < -0.3 is 0 Å². The average Bonchev–Trinajstić information content (AvgIpc) is 2.20. The number of hydrogen-bond donors (Lipinski definition) is 0. The van der Waals surface area contributed by atoms with Gasteiger partial charge in [0, 0.05) is 29.3 Å². The third-order valence-corrected chi connectivity index (χ3v) is 2.36. The first-order chi connectivity index (χ1) is 6.38. The van der Waals surface area contributed by atoms with E-state index in [1.54, 1.807) is 0 Å². The van der Waals surface area contributed by atoms with Gasteiger partial charge in [0.15, 0.2) is 0 Å². The van der Waals surface area contributed by atoms with E-state index in [4.69, 9.17) is 12.2 Å². The summed E-state index contributed by atoms with van der Waals surface area (Å²) in [5.74, 6) is 0. The first-order valence-corrected chi connectivity index (χ1v) is 4.59. The monoisotopic (exact) mass is 187 g/mol. The van der Waals surface area contributed by atoms with E-state index < -0.39 is 0 Å². The van der Waals surface area contributed by atoms with E-state index in [-0.39, 0.29) is 0 Å². The fourth-order valence-electron chi connectivity index (χ4n) is 1.30. The lowest BCUT2D eigenvalue weighted by molar-refractivity contribution is 1.49. The molecule has 0 N–H and O–H groups in total. The Bertz CT molecular complexity index is 376. The molecule has 64 valence electrons. The molecule has 0 saturated heterocycles. The first kappa shape index (κ1) is 8.32. The van der Waals surface area contributed by atoms with Crippen LogP contribution >= 0.6 is 12.2 Å². The van der Waals surface area contributed by atoms with Gasteiger partial charge in [-0.15, -0.1) is 0 Å².